The van der Waals surface area contributed by atoms with E-state index in [2.05, 4.69) is 36.9 Å². The molecule has 1 fully saturated rings. The first-order valence-corrected chi connectivity index (χ1v) is 29.1. The highest BCUT2D eigenvalue weighted by Crippen LogP contribution is 2.22. The van der Waals surface area contributed by atoms with E-state index in [1.54, 1.807) is 54.8 Å². The second-order valence-corrected chi connectivity index (χ2v) is 23.4. The predicted molar refractivity (Wildman–Crippen MR) is 299 cm³/mol. The van der Waals surface area contributed by atoms with Crippen LogP contribution < -0.4 is 26.6 Å². The van der Waals surface area contributed by atoms with Gasteiger partial charge >= 0.3 is 0 Å². The molecule has 5 amide bonds. The van der Waals surface area contributed by atoms with Gasteiger partial charge in [-0.2, -0.15) is 8.42 Å². The first kappa shape index (κ1) is 61.5. The number of aryl methyl sites for hydroxylation is 1. The maximum absolute atomic E-state index is 14.5. The maximum atomic E-state index is 14.5. The van der Waals surface area contributed by atoms with Crippen molar-refractivity contribution in [2.45, 2.75) is 114 Å². The van der Waals surface area contributed by atoms with E-state index in [-0.39, 0.29) is 62.1 Å². The van der Waals surface area contributed by atoms with Crippen molar-refractivity contribution in [3.05, 3.63) is 149 Å². The molecule has 4 aromatic carbocycles. The Morgan fingerprint density at radius 1 is 0.722 bits per heavy atom. The van der Waals surface area contributed by atoms with Gasteiger partial charge in [0.1, 0.15) is 36.0 Å². The lowest BCUT2D eigenvalue weighted by atomic mass is 9.90. The molecular formula is C57H74N9O11PS. The lowest BCUT2D eigenvalue weighted by Gasteiger charge is -2.30. The third-order valence-electron chi connectivity index (χ3n) is 13.0. The van der Waals surface area contributed by atoms with Crippen LogP contribution in [-0.2, 0) is 68.6 Å². The second-order valence-electron chi connectivity index (χ2n) is 20.7. The van der Waals surface area contributed by atoms with E-state index in [1.165, 1.54) is 18.2 Å². The molecule has 1 aliphatic heterocycles. The number of Topliss-reactive ketones (excluding diaryl/α,β-unsaturated/α-hetero) is 1. The van der Waals surface area contributed by atoms with Crippen LogP contribution in [0.25, 0.3) is 0 Å². The summed E-state index contributed by atoms with van der Waals surface area (Å²) in [6.07, 6.45) is 3.32. The zero-order valence-electron chi connectivity index (χ0n) is 45.4. The molecule has 0 radical (unpaired) electrons. The van der Waals surface area contributed by atoms with Crippen molar-refractivity contribution < 1.29 is 51.2 Å². The molecule has 5 aromatic rings. The largest absolute Gasteiger partial charge is 0.380 e. The number of ether oxygens (including phenoxy) is 1. The molecule has 1 aliphatic rings. The van der Waals surface area contributed by atoms with E-state index >= 15 is 0 Å². The number of morpholine rings is 1. The summed E-state index contributed by atoms with van der Waals surface area (Å²) in [6.45, 7) is 9.58. The number of ketones is 1. The molecule has 79 heavy (non-hydrogen) atoms. The molecule has 0 spiro atoms. The Hall–Kier alpha value is -6.74. The summed E-state index contributed by atoms with van der Waals surface area (Å²) in [5, 5.41) is 33.9. The first-order chi connectivity index (χ1) is 37.7. The lowest BCUT2D eigenvalue weighted by Crippen LogP contribution is -2.60. The van der Waals surface area contributed by atoms with Gasteiger partial charge in [-0.1, -0.05) is 130 Å². The fourth-order valence-electron chi connectivity index (χ4n) is 8.71. The van der Waals surface area contributed by atoms with Crippen LogP contribution in [0, 0.1) is 11.8 Å². The molecule has 6 rings (SSSR count). The Bertz CT molecular complexity index is 2910. The predicted octanol–water partition coefficient (Wildman–Crippen LogP) is 4.11. The second kappa shape index (κ2) is 30.0. The maximum Gasteiger partial charge on any atom is 0.297 e. The first-order valence-electron chi connectivity index (χ1n) is 26.6. The van der Waals surface area contributed by atoms with Crippen LogP contribution in [0.2, 0.25) is 0 Å². The zero-order valence-corrected chi connectivity index (χ0v) is 47.2. The van der Waals surface area contributed by atoms with Gasteiger partial charge in [0.25, 0.3) is 16.0 Å². The van der Waals surface area contributed by atoms with Crippen LogP contribution in [0.3, 0.4) is 0 Å². The van der Waals surface area contributed by atoms with Gasteiger partial charge in [0.05, 0.1) is 43.4 Å². The fraction of sp³-hybridized carbons (Fsp3) is 0.439. The molecule has 424 valence electrons. The minimum Gasteiger partial charge on any atom is -0.380 e. The van der Waals surface area contributed by atoms with Gasteiger partial charge in [-0.15, -0.1) is 5.10 Å². The van der Waals surface area contributed by atoms with E-state index in [4.69, 9.17) is 8.92 Å². The molecule has 6 N–H and O–H groups in total. The Labute approximate surface area is 464 Å². The van der Waals surface area contributed by atoms with E-state index < -0.39 is 80.8 Å². The normalized spacial score (nSPS) is 15.4. The standard InChI is InChI=1S/C57H74N9O11PS/c1-39(2)30-48(52(68)57(5,73)38-77-79(74,75)46-23-15-22-44(33-46)53(69)58-34-45-35-66(64-63-45)78-37-43-20-13-8-14-21-43)60-56(72)50(32-42-18-11-7-12-19-42)62-55(71)49(31-40(3)4)61-54(70)47(25-24-41-16-9-6-10-17-41)59-51(67)36-65-26-28-76-29-27-65/h6-23,33,35,39-40,47-50,73,78H,24-32,34,36-38H2,1-5H3,(H,58,69)(H,59,67)(H,60,72)(H,61,70)(H,62,71)/t47-,48-,49-,50-,57?/m0/s1. The minimum atomic E-state index is -4.68. The molecule has 0 saturated carbocycles. The summed E-state index contributed by atoms with van der Waals surface area (Å²) in [4.78, 5) is 85.6. The zero-order chi connectivity index (χ0) is 57.0. The van der Waals surface area contributed by atoms with E-state index in [1.807, 2.05) is 79.4 Å². The number of benzene rings is 4. The highest BCUT2D eigenvalue weighted by atomic mass is 32.2. The summed E-state index contributed by atoms with van der Waals surface area (Å²) >= 11 is 0. The average molecular weight is 1120 g/mol. The van der Waals surface area contributed by atoms with Gasteiger partial charge in [0, 0.05) is 40.0 Å². The van der Waals surface area contributed by atoms with Gasteiger partial charge in [0.15, 0.2) is 5.78 Å². The molecule has 2 unspecified atom stereocenters. The molecule has 22 heteroatoms. The number of amides is 5. The third-order valence-corrected chi connectivity index (χ3v) is 15.3. The lowest BCUT2D eigenvalue weighted by molar-refractivity contribution is -0.143. The van der Waals surface area contributed by atoms with Crippen molar-refractivity contribution in [3.8, 4) is 0 Å². The van der Waals surface area contributed by atoms with E-state index in [0.717, 1.165) is 30.3 Å². The highest BCUT2D eigenvalue weighted by Gasteiger charge is 2.40. The summed E-state index contributed by atoms with van der Waals surface area (Å²) in [7, 11) is -4.38. The third kappa shape index (κ3) is 20.1. The number of hydrogen-bond acceptors (Lipinski definition) is 14. The summed E-state index contributed by atoms with van der Waals surface area (Å²) in [5.41, 5.74) is 0.775. The fourth-order valence-corrected chi connectivity index (χ4v) is 10.7. The number of nitrogens with one attached hydrogen (secondary N) is 5. The van der Waals surface area contributed by atoms with Crippen LogP contribution in [0.4, 0.5) is 0 Å². The van der Waals surface area contributed by atoms with Crippen molar-refractivity contribution in [1.29, 1.82) is 0 Å². The number of nitrogens with zero attached hydrogens (tertiary/aromatic N) is 4. The van der Waals surface area contributed by atoms with Crippen molar-refractivity contribution in [3.63, 3.8) is 0 Å². The van der Waals surface area contributed by atoms with Gasteiger partial charge in [-0.25, -0.2) is 4.45 Å². The summed E-state index contributed by atoms with van der Waals surface area (Å²) < 4.78 is 39.6. The van der Waals surface area contributed by atoms with E-state index in [9.17, 15) is 42.3 Å². The number of aliphatic hydroxyl groups is 1. The quantitative estimate of drug-likeness (QED) is 0.0279. The van der Waals surface area contributed by atoms with Crippen LogP contribution in [0.1, 0.15) is 86.6 Å². The molecule has 1 saturated heterocycles. The number of hydrogen-bond donors (Lipinski definition) is 6. The van der Waals surface area contributed by atoms with Gasteiger partial charge < -0.3 is 36.4 Å². The highest BCUT2D eigenvalue weighted by molar-refractivity contribution is 7.86. The molecule has 0 bridgehead atoms. The van der Waals surface area contributed by atoms with Crippen LogP contribution in [-0.4, -0.2) is 138 Å². The van der Waals surface area contributed by atoms with Crippen molar-refractivity contribution in [2.24, 2.45) is 11.8 Å². The minimum absolute atomic E-state index is 0.00717. The monoisotopic (exact) mass is 1120 g/mol. The summed E-state index contributed by atoms with van der Waals surface area (Å²) in [6, 6.07) is 28.5. The van der Waals surface area contributed by atoms with Gasteiger partial charge in [-0.05, 0) is 79.3 Å². The SMILES string of the molecule is CC(C)C[C@H](NC(=O)[C@H](CCc1ccccc1)NC(=O)CN1CCOCC1)C(=O)N[C@@H](Cc1ccccc1)C(=O)N[C@@H](CC(C)C)C(=O)C(C)(O)COS(=O)(=O)c1cccc(C(=O)NCc2cn(PCc3ccccc3)nn2)c1. The van der Waals surface area contributed by atoms with Crippen molar-refractivity contribution in [1.82, 2.24) is 46.2 Å². The average Bonchev–Trinajstić information content (AvgIpc) is 3.91. The number of carbonyl (C=O) groups is 6. The molecule has 6 atom stereocenters. The molecule has 0 aliphatic carbocycles. The topological polar surface area (TPSA) is 269 Å². The molecule has 20 nitrogen and oxygen atoms in total. The van der Waals surface area contributed by atoms with Crippen molar-refractivity contribution in [2.75, 3.05) is 39.5 Å². The van der Waals surface area contributed by atoms with Crippen LogP contribution in [0.5, 0.6) is 0 Å². The van der Waals surface area contributed by atoms with Crippen molar-refractivity contribution >= 4 is 54.2 Å². The van der Waals surface area contributed by atoms with E-state index in [0.29, 0.717) is 52.7 Å². The Morgan fingerprint density at radius 2 is 1.29 bits per heavy atom. The number of aromatic nitrogens is 3. The Balaban J connectivity index is 1.11. The molecule has 2 heterocycles. The Morgan fingerprint density at radius 3 is 1.94 bits per heavy atom. The van der Waals surface area contributed by atoms with Crippen LogP contribution in [0.15, 0.2) is 126 Å². The van der Waals surface area contributed by atoms with Gasteiger partial charge in [0.2, 0.25) is 23.6 Å². The smallest absolute Gasteiger partial charge is 0.297 e. The molecular weight excluding hydrogens is 1050 g/mol. The van der Waals surface area contributed by atoms with Gasteiger partial charge in [-0.3, -0.25) is 37.9 Å². The Kier molecular flexibility index (Phi) is 23.4. The number of carbonyl (C=O) groups excluding carboxylic acids is 6. The van der Waals surface area contributed by atoms with Crippen LogP contribution >= 0.6 is 8.73 Å². The number of rotatable bonds is 30. The summed E-state index contributed by atoms with van der Waals surface area (Å²) in [5.74, 6) is -4.29. The molecule has 1 aromatic heterocycles.